The van der Waals surface area contributed by atoms with Crippen molar-refractivity contribution in [3.05, 3.63) is 112 Å². The molecule has 0 aliphatic heterocycles. The van der Waals surface area contributed by atoms with Crippen molar-refractivity contribution >= 4 is 17.2 Å². The van der Waals surface area contributed by atoms with Crippen molar-refractivity contribution in [2.75, 3.05) is 20.1 Å². The van der Waals surface area contributed by atoms with Crippen molar-refractivity contribution in [2.24, 2.45) is 0 Å². The summed E-state index contributed by atoms with van der Waals surface area (Å²) in [6.45, 7) is 1.61. The molecule has 1 heterocycles. The molecule has 0 spiro atoms. The first-order chi connectivity index (χ1) is 16.3. The smallest absolute Gasteiger partial charge is 0.263 e. The standard InChI is InChI=1S/C28H29N3OS/c1-29-19-11-12-20-30-27(32)26-25(23-17-9-4-10-18-23)31-28(33-26)24(21-13-5-2-6-14-21)22-15-7-3-8-16-22/h2-10,13-18,24,29H,11-12,19-20H2,1H3,(H,30,32). The lowest BCUT2D eigenvalue weighted by Crippen LogP contribution is -2.24. The molecular weight excluding hydrogens is 426 g/mol. The van der Waals surface area contributed by atoms with E-state index in [1.54, 1.807) is 0 Å². The summed E-state index contributed by atoms with van der Waals surface area (Å²) in [4.78, 5) is 19.0. The normalized spacial score (nSPS) is 11.0. The predicted molar refractivity (Wildman–Crippen MR) is 137 cm³/mol. The number of nitrogens with one attached hydrogen (secondary N) is 2. The van der Waals surface area contributed by atoms with Crippen LogP contribution in [-0.4, -0.2) is 31.0 Å². The summed E-state index contributed by atoms with van der Waals surface area (Å²) in [7, 11) is 1.94. The average molecular weight is 456 g/mol. The van der Waals surface area contributed by atoms with Gasteiger partial charge in [0.1, 0.15) is 9.88 Å². The summed E-state index contributed by atoms with van der Waals surface area (Å²) in [5.41, 5.74) is 4.03. The van der Waals surface area contributed by atoms with Crippen molar-refractivity contribution in [2.45, 2.75) is 18.8 Å². The Kier molecular flexibility index (Phi) is 8.01. The Balaban J connectivity index is 1.72. The van der Waals surface area contributed by atoms with Gasteiger partial charge in [0.05, 0.1) is 11.6 Å². The van der Waals surface area contributed by atoms with Crippen LogP contribution in [0.5, 0.6) is 0 Å². The summed E-state index contributed by atoms with van der Waals surface area (Å²) in [5.74, 6) is -0.0843. The van der Waals surface area contributed by atoms with E-state index in [1.807, 2.05) is 49.5 Å². The highest BCUT2D eigenvalue weighted by Crippen LogP contribution is 2.38. The zero-order valence-corrected chi connectivity index (χ0v) is 19.6. The second kappa shape index (κ2) is 11.5. The van der Waals surface area contributed by atoms with Crippen LogP contribution in [0.4, 0.5) is 0 Å². The van der Waals surface area contributed by atoms with Gasteiger partial charge in [-0.3, -0.25) is 4.79 Å². The molecule has 1 amide bonds. The SMILES string of the molecule is CNCCCCNC(=O)c1sc(C(c2ccccc2)c2ccccc2)nc1-c1ccccc1. The summed E-state index contributed by atoms with van der Waals surface area (Å²) in [6.07, 6.45) is 1.97. The molecule has 0 saturated heterocycles. The lowest BCUT2D eigenvalue weighted by molar-refractivity contribution is 0.0957. The molecule has 4 aromatic rings. The van der Waals surface area contributed by atoms with Crippen LogP contribution < -0.4 is 10.6 Å². The minimum absolute atomic E-state index is 0.0305. The number of hydrogen-bond donors (Lipinski definition) is 2. The van der Waals surface area contributed by atoms with Gasteiger partial charge in [-0.25, -0.2) is 4.98 Å². The first-order valence-electron chi connectivity index (χ1n) is 11.4. The highest BCUT2D eigenvalue weighted by molar-refractivity contribution is 7.14. The molecular formula is C28H29N3OS. The summed E-state index contributed by atoms with van der Waals surface area (Å²) in [6, 6.07) is 30.7. The first-order valence-corrected chi connectivity index (χ1v) is 12.2. The molecule has 168 valence electrons. The third-order valence-corrected chi connectivity index (χ3v) is 6.67. The molecule has 0 fully saturated rings. The predicted octanol–water partition coefficient (Wildman–Crippen LogP) is 5.72. The van der Waals surface area contributed by atoms with E-state index < -0.39 is 0 Å². The minimum atomic E-state index is -0.0538. The van der Waals surface area contributed by atoms with Crippen molar-refractivity contribution in [1.29, 1.82) is 0 Å². The largest absolute Gasteiger partial charge is 0.351 e. The third-order valence-electron chi connectivity index (χ3n) is 5.55. The van der Waals surface area contributed by atoms with Gasteiger partial charge in [-0.15, -0.1) is 11.3 Å². The fraction of sp³-hybridized carbons (Fsp3) is 0.214. The summed E-state index contributed by atoms with van der Waals surface area (Å²) < 4.78 is 0. The van der Waals surface area contributed by atoms with Gasteiger partial charge in [0.25, 0.3) is 5.91 Å². The highest BCUT2D eigenvalue weighted by atomic mass is 32.1. The highest BCUT2D eigenvalue weighted by Gasteiger charge is 2.26. The Morgan fingerprint density at radius 1 is 0.818 bits per heavy atom. The fourth-order valence-electron chi connectivity index (χ4n) is 3.88. The van der Waals surface area contributed by atoms with E-state index in [9.17, 15) is 4.79 Å². The van der Waals surface area contributed by atoms with E-state index in [2.05, 4.69) is 59.2 Å². The first kappa shape index (κ1) is 22.9. The number of thiazole rings is 1. The maximum Gasteiger partial charge on any atom is 0.263 e. The van der Waals surface area contributed by atoms with E-state index in [1.165, 1.54) is 11.3 Å². The van der Waals surface area contributed by atoms with Crippen molar-refractivity contribution in [3.63, 3.8) is 0 Å². The van der Waals surface area contributed by atoms with Gasteiger partial charge in [-0.2, -0.15) is 0 Å². The number of amides is 1. The Bertz CT molecular complexity index is 1100. The average Bonchev–Trinajstić information content (AvgIpc) is 3.31. The van der Waals surface area contributed by atoms with Gasteiger partial charge in [0, 0.05) is 12.1 Å². The van der Waals surface area contributed by atoms with Gasteiger partial charge in [0.2, 0.25) is 0 Å². The summed E-state index contributed by atoms with van der Waals surface area (Å²) >= 11 is 1.49. The van der Waals surface area contributed by atoms with E-state index in [4.69, 9.17) is 4.98 Å². The van der Waals surface area contributed by atoms with Gasteiger partial charge in [-0.1, -0.05) is 91.0 Å². The van der Waals surface area contributed by atoms with Crippen molar-refractivity contribution in [3.8, 4) is 11.3 Å². The Labute approximate surface area is 199 Å². The lowest BCUT2D eigenvalue weighted by atomic mass is 9.92. The number of carbonyl (C=O) groups excluding carboxylic acids is 1. The number of unbranched alkanes of at least 4 members (excludes halogenated alkanes) is 1. The molecule has 0 unspecified atom stereocenters. The Hall–Kier alpha value is -3.28. The molecule has 0 bridgehead atoms. The maximum absolute atomic E-state index is 13.2. The zero-order valence-electron chi connectivity index (χ0n) is 18.8. The Morgan fingerprint density at radius 2 is 1.36 bits per heavy atom. The van der Waals surface area contributed by atoms with Crippen molar-refractivity contribution in [1.82, 2.24) is 15.6 Å². The molecule has 4 rings (SSSR count). The second-order valence-corrected chi connectivity index (χ2v) is 8.95. The van der Waals surface area contributed by atoms with Crippen LogP contribution in [0.3, 0.4) is 0 Å². The van der Waals surface area contributed by atoms with Gasteiger partial charge < -0.3 is 10.6 Å². The zero-order chi connectivity index (χ0) is 22.9. The quantitative estimate of drug-likeness (QED) is 0.301. The number of benzene rings is 3. The number of hydrogen-bond acceptors (Lipinski definition) is 4. The van der Waals surface area contributed by atoms with E-state index >= 15 is 0 Å². The molecule has 33 heavy (non-hydrogen) atoms. The monoisotopic (exact) mass is 455 g/mol. The minimum Gasteiger partial charge on any atom is -0.351 e. The van der Waals surface area contributed by atoms with E-state index in [-0.39, 0.29) is 11.8 Å². The molecule has 0 aliphatic carbocycles. The number of carbonyl (C=O) groups is 1. The molecule has 2 N–H and O–H groups in total. The van der Waals surface area contributed by atoms with Gasteiger partial charge >= 0.3 is 0 Å². The number of aromatic nitrogens is 1. The van der Waals surface area contributed by atoms with Crippen LogP contribution in [0.25, 0.3) is 11.3 Å². The van der Waals surface area contributed by atoms with Crippen LogP contribution in [0.1, 0.15) is 44.6 Å². The molecule has 1 aromatic heterocycles. The van der Waals surface area contributed by atoms with Crippen LogP contribution in [-0.2, 0) is 0 Å². The van der Waals surface area contributed by atoms with Gasteiger partial charge in [-0.05, 0) is 37.6 Å². The van der Waals surface area contributed by atoms with Crippen LogP contribution >= 0.6 is 11.3 Å². The van der Waals surface area contributed by atoms with Gasteiger partial charge in [0.15, 0.2) is 0 Å². The van der Waals surface area contributed by atoms with Crippen molar-refractivity contribution < 1.29 is 4.79 Å². The second-order valence-electron chi connectivity index (χ2n) is 7.92. The maximum atomic E-state index is 13.2. The van der Waals surface area contributed by atoms with Crippen LogP contribution in [0.2, 0.25) is 0 Å². The molecule has 3 aromatic carbocycles. The van der Waals surface area contributed by atoms with E-state index in [0.29, 0.717) is 11.4 Å². The topological polar surface area (TPSA) is 54.0 Å². The molecule has 5 heteroatoms. The lowest BCUT2D eigenvalue weighted by Gasteiger charge is -2.15. The Morgan fingerprint density at radius 3 is 1.94 bits per heavy atom. The molecule has 4 nitrogen and oxygen atoms in total. The molecule has 0 aliphatic rings. The number of rotatable bonds is 10. The third kappa shape index (κ3) is 5.75. The van der Waals surface area contributed by atoms with Crippen LogP contribution in [0.15, 0.2) is 91.0 Å². The number of nitrogens with zero attached hydrogens (tertiary/aromatic N) is 1. The van der Waals surface area contributed by atoms with Crippen LogP contribution in [0, 0.1) is 0 Å². The van der Waals surface area contributed by atoms with E-state index in [0.717, 1.165) is 46.8 Å². The molecule has 0 radical (unpaired) electrons. The molecule has 0 atom stereocenters. The summed E-state index contributed by atoms with van der Waals surface area (Å²) in [5, 5.41) is 7.17. The molecule has 0 saturated carbocycles. The fourth-order valence-corrected chi connectivity index (χ4v) is 5.04.